The molecule has 0 aliphatic carbocycles. The SMILES string of the molecule is CC(NC(=O)Nc1cc(C(F)(F)F)ccc1F)c1ccc(S(N)(=O)=O)cc1. The highest BCUT2D eigenvalue weighted by molar-refractivity contribution is 7.89. The average molecular weight is 405 g/mol. The zero-order chi connectivity index (χ0) is 20.4. The van der Waals surface area contributed by atoms with Gasteiger partial charge >= 0.3 is 12.2 Å². The van der Waals surface area contributed by atoms with Crippen LogP contribution in [-0.2, 0) is 16.2 Å². The van der Waals surface area contributed by atoms with Gasteiger partial charge in [-0.05, 0) is 42.8 Å². The molecule has 0 radical (unpaired) electrons. The Bertz CT molecular complexity index is 944. The Labute approximate surface area is 152 Å². The first-order valence-corrected chi connectivity index (χ1v) is 8.99. The van der Waals surface area contributed by atoms with Crippen molar-refractivity contribution in [3.63, 3.8) is 0 Å². The van der Waals surface area contributed by atoms with Crippen LogP contribution < -0.4 is 15.8 Å². The molecule has 2 amide bonds. The smallest absolute Gasteiger partial charge is 0.331 e. The molecule has 2 aromatic rings. The molecule has 0 saturated carbocycles. The number of halogens is 4. The number of hydrogen-bond donors (Lipinski definition) is 3. The summed E-state index contributed by atoms with van der Waals surface area (Å²) in [5, 5.41) is 9.41. The fourth-order valence-corrected chi connectivity index (χ4v) is 2.70. The molecule has 0 fully saturated rings. The van der Waals surface area contributed by atoms with Crippen LogP contribution >= 0.6 is 0 Å². The van der Waals surface area contributed by atoms with Gasteiger partial charge in [-0.15, -0.1) is 0 Å². The maximum atomic E-state index is 13.7. The molecule has 0 bridgehead atoms. The number of rotatable bonds is 4. The number of carbonyl (C=O) groups excluding carboxylic acids is 1. The van der Waals surface area contributed by atoms with E-state index in [9.17, 15) is 30.8 Å². The van der Waals surface area contributed by atoms with Gasteiger partial charge in [0.05, 0.1) is 22.2 Å². The van der Waals surface area contributed by atoms with Gasteiger partial charge in [-0.2, -0.15) is 13.2 Å². The lowest BCUT2D eigenvalue weighted by Crippen LogP contribution is -2.31. The second-order valence-corrected chi connectivity index (χ2v) is 7.19. The summed E-state index contributed by atoms with van der Waals surface area (Å²) in [6.07, 6.45) is -4.68. The number of primary sulfonamides is 1. The van der Waals surface area contributed by atoms with Crippen molar-refractivity contribution in [3.8, 4) is 0 Å². The lowest BCUT2D eigenvalue weighted by atomic mass is 10.1. The van der Waals surface area contributed by atoms with Crippen LogP contribution in [0.1, 0.15) is 24.1 Å². The molecule has 27 heavy (non-hydrogen) atoms. The summed E-state index contributed by atoms with van der Waals surface area (Å²) in [7, 11) is -3.86. The monoisotopic (exact) mass is 405 g/mol. The van der Waals surface area contributed by atoms with Crippen molar-refractivity contribution in [2.24, 2.45) is 5.14 Å². The second kappa shape index (κ2) is 7.53. The highest BCUT2D eigenvalue weighted by Crippen LogP contribution is 2.31. The standard InChI is InChI=1S/C16H15F4N3O3S/c1-9(10-2-5-12(6-3-10)27(21,25)26)22-15(24)23-14-8-11(16(18,19)20)4-7-13(14)17/h2-9H,1H3,(H2,21,25,26)(H2,22,23,24). The maximum absolute atomic E-state index is 13.7. The van der Waals surface area contributed by atoms with E-state index < -0.39 is 45.3 Å². The van der Waals surface area contributed by atoms with Crippen molar-refractivity contribution < 1.29 is 30.8 Å². The van der Waals surface area contributed by atoms with E-state index in [4.69, 9.17) is 5.14 Å². The third-order valence-corrected chi connectivity index (χ3v) is 4.53. The first kappa shape index (κ1) is 20.6. The fraction of sp³-hybridized carbons (Fsp3) is 0.188. The molecule has 11 heteroatoms. The summed E-state index contributed by atoms with van der Waals surface area (Å²) in [5.41, 5.74) is -1.23. The molecule has 4 N–H and O–H groups in total. The zero-order valence-corrected chi connectivity index (χ0v) is 14.7. The number of benzene rings is 2. The first-order chi connectivity index (χ1) is 12.4. The Hall–Kier alpha value is -2.66. The third-order valence-electron chi connectivity index (χ3n) is 3.60. The third kappa shape index (κ3) is 5.41. The highest BCUT2D eigenvalue weighted by atomic mass is 32.2. The van der Waals surface area contributed by atoms with E-state index in [0.29, 0.717) is 23.8 Å². The molecule has 2 rings (SSSR count). The van der Waals surface area contributed by atoms with Gasteiger partial charge < -0.3 is 10.6 Å². The summed E-state index contributed by atoms with van der Waals surface area (Å²) < 4.78 is 74.1. The van der Waals surface area contributed by atoms with Crippen LogP contribution in [0, 0.1) is 5.82 Å². The van der Waals surface area contributed by atoms with E-state index in [2.05, 4.69) is 5.32 Å². The minimum Gasteiger partial charge on any atom is -0.331 e. The van der Waals surface area contributed by atoms with Crippen molar-refractivity contribution in [3.05, 3.63) is 59.4 Å². The minimum absolute atomic E-state index is 0.117. The molecule has 1 atom stereocenters. The molecule has 6 nitrogen and oxygen atoms in total. The van der Waals surface area contributed by atoms with Crippen molar-refractivity contribution in [1.29, 1.82) is 0 Å². The molecule has 0 aliphatic rings. The molecular weight excluding hydrogens is 390 g/mol. The van der Waals surface area contributed by atoms with E-state index in [1.54, 1.807) is 6.92 Å². The Balaban J connectivity index is 2.09. The lowest BCUT2D eigenvalue weighted by Gasteiger charge is -2.16. The van der Waals surface area contributed by atoms with Crippen LogP contribution in [0.4, 0.5) is 28.0 Å². The Morgan fingerprint density at radius 2 is 1.70 bits per heavy atom. The van der Waals surface area contributed by atoms with Crippen molar-refractivity contribution in [2.45, 2.75) is 24.0 Å². The molecule has 0 heterocycles. The number of anilines is 1. The average Bonchev–Trinajstić information content (AvgIpc) is 2.55. The minimum atomic E-state index is -4.68. The van der Waals surface area contributed by atoms with Gasteiger partial charge in [0.15, 0.2) is 0 Å². The Morgan fingerprint density at radius 1 is 1.11 bits per heavy atom. The molecule has 1 unspecified atom stereocenters. The number of hydrogen-bond acceptors (Lipinski definition) is 3. The fourth-order valence-electron chi connectivity index (χ4n) is 2.18. The van der Waals surface area contributed by atoms with Gasteiger partial charge in [0.2, 0.25) is 10.0 Å². The predicted octanol–water partition coefficient (Wildman–Crippen LogP) is 3.37. The molecule has 0 aliphatic heterocycles. The molecule has 146 valence electrons. The zero-order valence-electron chi connectivity index (χ0n) is 13.8. The number of alkyl halides is 3. The topological polar surface area (TPSA) is 101 Å². The summed E-state index contributed by atoms with van der Waals surface area (Å²) in [5.74, 6) is -1.02. The molecule has 0 spiro atoms. The van der Waals surface area contributed by atoms with Crippen LogP contribution in [0.3, 0.4) is 0 Å². The maximum Gasteiger partial charge on any atom is 0.416 e. The highest BCUT2D eigenvalue weighted by Gasteiger charge is 2.31. The number of sulfonamides is 1. The quantitative estimate of drug-likeness (QED) is 0.680. The normalized spacial score (nSPS) is 13.1. The van der Waals surface area contributed by atoms with Crippen molar-refractivity contribution >= 4 is 21.7 Å². The van der Waals surface area contributed by atoms with E-state index in [1.165, 1.54) is 24.3 Å². The van der Waals surface area contributed by atoms with Crippen molar-refractivity contribution in [1.82, 2.24) is 5.32 Å². The molecule has 2 aromatic carbocycles. The summed E-state index contributed by atoms with van der Waals surface area (Å²) in [6.45, 7) is 1.55. The van der Waals surface area contributed by atoms with Gasteiger partial charge in [0.1, 0.15) is 5.82 Å². The first-order valence-electron chi connectivity index (χ1n) is 7.45. The van der Waals surface area contributed by atoms with E-state index in [0.717, 1.165) is 0 Å². The van der Waals surface area contributed by atoms with Crippen LogP contribution in [0.15, 0.2) is 47.4 Å². The van der Waals surface area contributed by atoms with E-state index in [-0.39, 0.29) is 4.90 Å². The lowest BCUT2D eigenvalue weighted by molar-refractivity contribution is -0.137. The molecule has 0 aromatic heterocycles. The van der Waals surface area contributed by atoms with Gasteiger partial charge in [-0.1, -0.05) is 12.1 Å². The van der Waals surface area contributed by atoms with Crippen LogP contribution in [0.5, 0.6) is 0 Å². The molecule has 0 saturated heterocycles. The van der Waals surface area contributed by atoms with Gasteiger partial charge in [0.25, 0.3) is 0 Å². The van der Waals surface area contributed by atoms with E-state index >= 15 is 0 Å². The van der Waals surface area contributed by atoms with E-state index in [1.807, 2.05) is 5.32 Å². The van der Waals surface area contributed by atoms with Crippen LogP contribution in [0.25, 0.3) is 0 Å². The van der Waals surface area contributed by atoms with Gasteiger partial charge in [-0.3, -0.25) is 0 Å². The number of amides is 2. The Kier molecular flexibility index (Phi) is 5.76. The summed E-state index contributed by atoms with van der Waals surface area (Å²) >= 11 is 0. The summed E-state index contributed by atoms with van der Waals surface area (Å²) in [4.78, 5) is 11.8. The second-order valence-electron chi connectivity index (χ2n) is 5.63. The van der Waals surface area contributed by atoms with Crippen LogP contribution in [0.2, 0.25) is 0 Å². The Morgan fingerprint density at radius 3 is 2.22 bits per heavy atom. The molecular formula is C16H15F4N3O3S. The van der Waals surface area contributed by atoms with Crippen molar-refractivity contribution in [2.75, 3.05) is 5.32 Å². The number of nitrogens with two attached hydrogens (primary N) is 1. The summed E-state index contributed by atoms with van der Waals surface area (Å²) in [6, 6.07) is 5.39. The predicted molar refractivity (Wildman–Crippen MR) is 89.8 cm³/mol. The number of urea groups is 1. The van der Waals surface area contributed by atoms with Crippen LogP contribution in [-0.4, -0.2) is 14.4 Å². The van der Waals surface area contributed by atoms with Gasteiger partial charge in [-0.25, -0.2) is 22.7 Å². The number of nitrogens with one attached hydrogen (secondary N) is 2. The number of carbonyl (C=O) groups is 1. The van der Waals surface area contributed by atoms with Gasteiger partial charge in [0, 0.05) is 0 Å². The largest absolute Gasteiger partial charge is 0.416 e.